The van der Waals surface area contributed by atoms with Crippen LogP contribution < -0.4 is 0 Å². The fraction of sp³-hybridized carbons (Fsp3) is 0.588. The van der Waals surface area contributed by atoms with Crippen LogP contribution in [0.2, 0.25) is 0 Å². The van der Waals surface area contributed by atoms with E-state index in [1.807, 2.05) is 33.6 Å². The molecule has 1 spiro atoms. The van der Waals surface area contributed by atoms with Crippen LogP contribution in [0.5, 0.6) is 0 Å². The van der Waals surface area contributed by atoms with Crippen LogP contribution in [0.1, 0.15) is 30.6 Å². The molecule has 2 saturated heterocycles. The van der Waals surface area contributed by atoms with Crippen LogP contribution in [-0.4, -0.2) is 71.7 Å². The Kier molecular flexibility index (Phi) is 4.62. The van der Waals surface area contributed by atoms with Crippen molar-refractivity contribution in [3.63, 3.8) is 0 Å². The third-order valence-electron chi connectivity index (χ3n) is 4.98. The predicted octanol–water partition coefficient (Wildman–Crippen LogP) is 1.29. The lowest BCUT2D eigenvalue weighted by Gasteiger charge is -2.33. The number of carbonyl (C=O) groups excluding carboxylic acids is 3. The van der Waals surface area contributed by atoms with Gasteiger partial charge in [-0.2, -0.15) is 11.3 Å². The van der Waals surface area contributed by atoms with Crippen LogP contribution in [0.15, 0.2) is 16.8 Å². The van der Waals surface area contributed by atoms with Crippen molar-refractivity contribution in [2.75, 3.05) is 39.3 Å². The van der Waals surface area contributed by atoms with E-state index in [0.29, 0.717) is 51.3 Å². The van der Waals surface area contributed by atoms with Gasteiger partial charge in [-0.3, -0.25) is 14.4 Å². The molecule has 1 atom stereocenters. The highest BCUT2D eigenvalue weighted by Gasteiger charge is 2.47. The summed E-state index contributed by atoms with van der Waals surface area (Å²) in [5.74, 6) is 0.107. The molecular formula is C17H23N3O3S. The molecular weight excluding hydrogens is 326 g/mol. The molecule has 130 valence electrons. The van der Waals surface area contributed by atoms with Gasteiger partial charge in [-0.1, -0.05) is 0 Å². The maximum absolute atomic E-state index is 12.8. The first-order valence-electron chi connectivity index (χ1n) is 8.29. The van der Waals surface area contributed by atoms with E-state index < -0.39 is 0 Å². The Labute approximate surface area is 146 Å². The highest BCUT2D eigenvalue weighted by atomic mass is 32.1. The van der Waals surface area contributed by atoms with Crippen molar-refractivity contribution in [3.05, 3.63) is 22.4 Å². The third kappa shape index (κ3) is 3.17. The minimum Gasteiger partial charge on any atom is -0.342 e. The number of likely N-dealkylation sites (tertiary alicyclic amines) is 1. The highest BCUT2D eigenvalue weighted by molar-refractivity contribution is 7.08. The standard InChI is InChI=1S/C17H23N3O3S/c1-3-18-10-17(8-15(18)22)11-19(13(2)21)5-6-20(12-17)16(23)14-4-7-24-9-14/h4,7,9H,3,5-6,8,10-12H2,1-2H3/t17-/m0/s1. The number of hydrogen-bond acceptors (Lipinski definition) is 4. The maximum Gasteiger partial charge on any atom is 0.254 e. The SMILES string of the molecule is CCN1C[C@@]2(CC1=O)CN(C(C)=O)CCN(C(=O)c1ccsc1)C2. The average Bonchev–Trinajstić information content (AvgIpc) is 3.12. The summed E-state index contributed by atoms with van der Waals surface area (Å²) in [6, 6.07) is 1.82. The number of carbonyl (C=O) groups is 3. The normalized spacial score (nSPS) is 24.6. The van der Waals surface area contributed by atoms with Crippen LogP contribution in [0.25, 0.3) is 0 Å². The lowest BCUT2D eigenvalue weighted by atomic mass is 9.85. The van der Waals surface area contributed by atoms with Crippen molar-refractivity contribution in [1.29, 1.82) is 0 Å². The lowest BCUT2D eigenvalue weighted by molar-refractivity contribution is -0.130. The average molecular weight is 349 g/mol. The van der Waals surface area contributed by atoms with Crippen molar-refractivity contribution >= 4 is 29.1 Å². The molecule has 7 heteroatoms. The molecule has 0 aliphatic carbocycles. The van der Waals surface area contributed by atoms with Gasteiger partial charge in [-0.25, -0.2) is 0 Å². The topological polar surface area (TPSA) is 60.9 Å². The van der Waals surface area contributed by atoms with Crippen molar-refractivity contribution in [1.82, 2.24) is 14.7 Å². The molecule has 2 fully saturated rings. The quantitative estimate of drug-likeness (QED) is 0.808. The van der Waals surface area contributed by atoms with E-state index in [0.717, 1.165) is 0 Å². The van der Waals surface area contributed by atoms with Gasteiger partial charge >= 0.3 is 0 Å². The van der Waals surface area contributed by atoms with Crippen molar-refractivity contribution in [2.45, 2.75) is 20.3 Å². The molecule has 3 rings (SSSR count). The molecule has 0 radical (unpaired) electrons. The van der Waals surface area contributed by atoms with Crippen molar-refractivity contribution < 1.29 is 14.4 Å². The Bertz CT molecular complexity index is 646. The minimum absolute atomic E-state index is 0.00149. The van der Waals surface area contributed by atoms with E-state index in [-0.39, 0.29) is 23.1 Å². The molecule has 0 bridgehead atoms. The fourth-order valence-corrected chi connectivity index (χ4v) is 4.38. The van der Waals surface area contributed by atoms with Crippen LogP contribution in [0.4, 0.5) is 0 Å². The van der Waals surface area contributed by atoms with Crippen molar-refractivity contribution in [2.24, 2.45) is 5.41 Å². The monoisotopic (exact) mass is 349 g/mol. The maximum atomic E-state index is 12.8. The zero-order valence-corrected chi connectivity index (χ0v) is 15.0. The molecule has 0 aromatic carbocycles. The van der Waals surface area contributed by atoms with Crippen LogP contribution in [0, 0.1) is 5.41 Å². The van der Waals surface area contributed by atoms with E-state index >= 15 is 0 Å². The molecule has 24 heavy (non-hydrogen) atoms. The van der Waals surface area contributed by atoms with Crippen LogP contribution in [-0.2, 0) is 9.59 Å². The summed E-state index contributed by atoms with van der Waals surface area (Å²) in [6.07, 6.45) is 0.401. The Morgan fingerprint density at radius 2 is 1.92 bits per heavy atom. The summed E-state index contributed by atoms with van der Waals surface area (Å²) >= 11 is 1.50. The first-order valence-corrected chi connectivity index (χ1v) is 9.23. The van der Waals surface area contributed by atoms with Crippen LogP contribution in [0.3, 0.4) is 0 Å². The Morgan fingerprint density at radius 1 is 1.21 bits per heavy atom. The molecule has 3 heterocycles. The largest absolute Gasteiger partial charge is 0.342 e. The molecule has 0 N–H and O–H groups in total. The second-order valence-electron chi connectivity index (χ2n) is 6.76. The summed E-state index contributed by atoms with van der Waals surface area (Å²) in [7, 11) is 0. The first-order chi connectivity index (χ1) is 11.4. The van der Waals surface area contributed by atoms with E-state index in [4.69, 9.17) is 0 Å². The molecule has 3 amide bonds. The highest BCUT2D eigenvalue weighted by Crippen LogP contribution is 2.35. The van der Waals surface area contributed by atoms with Gasteiger partial charge in [-0.05, 0) is 18.4 Å². The smallest absolute Gasteiger partial charge is 0.254 e. The number of thiophene rings is 1. The first kappa shape index (κ1) is 17.0. The van der Waals surface area contributed by atoms with Gasteiger partial charge in [0, 0.05) is 63.4 Å². The second kappa shape index (κ2) is 6.55. The Morgan fingerprint density at radius 3 is 2.50 bits per heavy atom. The number of hydrogen-bond donors (Lipinski definition) is 0. The van der Waals surface area contributed by atoms with E-state index in [9.17, 15) is 14.4 Å². The zero-order chi connectivity index (χ0) is 17.3. The van der Waals surface area contributed by atoms with E-state index in [1.54, 1.807) is 11.8 Å². The van der Waals surface area contributed by atoms with Gasteiger partial charge in [0.2, 0.25) is 11.8 Å². The molecule has 0 unspecified atom stereocenters. The summed E-state index contributed by atoms with van der Waals surface area (Å²) in [5, 5.41) is 3.74. The summed E-state index contributed by atoms with van der Waals surface area (Å²) in [4.78, 5) is 42.5. The predicted molar refractivity (Wildman–Crippen MR) is 91.8 cm³/mol. The number of amides is 3. The fourth-order valence-electron chi connectivity index (χ4n) is 3.75. The number of nitrogens with zero attached hydrogens (tertiary/aromatic N) is 3. The summed E-state index contributed by atoms with van der Waals surface area (Å²) in [6.45, 7) is 6.89. The summed E-state index contributed by atoms with van der Waals surface area (Å²) < 4.78 is 0. The van der Waals surface area contributed by atoms with E-state index in [1.165, 1.54) is 11.3 Å². The molecule has 1 aromatic heterocycles. The van der Waals surface area contributed by atoms with Gasteiger partial charge in [0.25, 0.3) is 5.91 Å². The van der Waals surface area contributed by atoms with Gasteiger partial charge < -0.3 is 14.7 Å². The van der Waals surface area contributed by atoms with Gasteiger partial charge in [-0.15, -0.1) is 0 Å². The minimum atomic E-state index is -0.360. The van der Waals surface area contributed by atoms with Gasteiger partial charge in [0.05, 0.1) is 5.56 Å². The molecule has 2 aliphatic rings. The zero-order valence-electron chi connectivity index (χ0n) is 14.2. The Balaban J connectivity index is 1.87. The van der Waals surface area contributed by atoms with E-state index in [2.05, 4.69) is 0 Å². The third-order valence-corrected chi connectivity index (χ3v) is 5.66. The van der Waals surface area contributed by atoms with Crippen LogP contribution >= 0.6 is 11.3 Å². The molecule has 0 saturated carbocycles. The van der Waals surface area contributed by atoms with Gasteiger partial charge in [0.15, 0.2) is 0 Å². The Hall–Kier alpha value is -1.89. The number of rotatable bonds is 2. The molecule has 1 aromatic rings. The second-order valence-corrected chi connectivity index (χ2v) is 7.54. The summed E-state index contributed by atoms with van der Waals surface area (Å²) in [5.41, 5.74) is 0.323. The van der Waals surface area contributed by atoms with Gasteiger partial charge in [0.1, 0.15) is 0 Å². The van der Waals surface area contributed by atoms with Crippen molar-refractivity contribution in [3.8, 4) is 0 Å². The molecule has 6 nitrogen and oxygen atoms in total. The molecule has 2 aliphatic heterocycles. The lowest BCUT2D eigenvalue weighted by Crippen LogP contribution is -2.45.